The molecule has 0 saturated heterocycles. The van der Waals surface area contributed by atoms with Gasteiger partial charge in [-0.2, -0.15) is 0 Å². The summed E-state index contributed by atoms with van der Waals surface area (Å²) in [5.41, 5.74) is 0. The summed E-state index contributed by atoms with van der Waals surface area (Å²) in [5, 5.41) is 16.6. The number of carboxylic acid groups (broad SMARTS) is 2. The molecule has 0 aromatic heterocycles. The van der Waals surface area contributed by atoms with E-state index in [0.717, 1.165) is 17.9 Å². The van der Waals surface area contributed by atoms with E-state index in [1.165, 1.54) is 0 Å². The van der Waals surface area contributed by atoms with Gasteiger partial charge < -0.3 is 0 Å². The third kappa shape index (κ3) is 9.33. The Kier molecular flexibility index (Phi) is 7.00. The van der Waals surface area contributed by atoms with E-state index in [4.69, 9.17) is 28.1 Å². The molecule has 0 heterocycles. The zero-order valence-corrected chi connectivity index (χ0v) is 12.2. The molecule has 0 aromatic carbocycles. The van der Waals surface area contributed by atoms with Gasteiger partial charge >= 0.3 is 92.3 Å². The maximum atomic E-state index is 10.2. The molecule has 0 spiro atoms. The van der Waals surface area contributed by atoms with Crippen LogP contribution in [0.3, 0.4) is 0 Å². The molecular formula is C4H6Cl2O4S2Sn. The van der Waals surface area contributed by atoms with Crippen molar-refractivity contribution in [3.8, 4) is 0 Å². The maximum absolute atomic E-state index is 10.2. The predicted octanol–water partition coefficient (Wildman–Crippen LogP) is 1.54. The third-order valence-electron chi connectivity index (χ3n) is 0.727. The molecule has 0 aliphatic heterocycles. The Bertz CT molecular complexity index is 192. The van der Waals surface area contributed by atoms with E-state index in [9.17, 15) is 9.59 Å². The second kappa shape index (κ2) is 6.49. The van der Waals surface area contributed by atoms with Crippen LogP contribution in [0.4, 0.5) is 0 Å². The summed E-state index contributed by atoms with van der Waals surface area (Å²) in [4.78, 5) is 20.3. The Balaban J connectivity index is 3.79. The Labute approximate surface area is 91.6 Å². The number of hydrogen-bond acceptors (Lipinski definition) is 4. The van der Waals surface area contributed by atoms with Gasteiger partial charge in [0.05, 0.1) is 0 Å². The van der Waals surface area contributed by atoms with Crippen LogP contribution >= 0.6 is 35.7 Å². The fraction of sp³-hybridized carbons (Fsp3) is 0.500. The first-order chi connectivity index (χ1) is 5.83. The molecule has 0 aliphatic carbocycles. The predicted molar refractivity (Wildman–Crippen MR) is 57.6 cm³/mol. The second-order valence-electron chi connectivity index (χ2n) is 1.83. The van der Waals surface area contributed by atoms with Crippen LogP contribution < -0.4 is 0 Å². The van der Waals surface area contributed by atoms with Gasteiger partial charge in [0.2, 0.25) is 0 Å². The Morgan fingerprint density at radius 1 is 1.08 bits per heavy atom. The molecule has 0 rings (SSSR count). The molecule has 0 atom stereocenters. The van der Waals surface area contributed by atoms with Gasteiger partial charge in [0.25, 0.3) is 0 Å². The average molecular weight is 372 g/mol. The van der Waals surface area contributed by atoms with E-state index in [1.807, 2.05) is 0 Å². The van der Waals surface area contributed by atoms with Gasteiger partial charge in [-0.3, -0.25) is 0 Å². The SMILES string of the molecule is O=C(O)C[S][Sn]([Cl])([Cl])[S]CC(=O)O. The van der Waals surface area contributed by atoms with E-state index in [0.29, 0.717) is 0 Å². The monoisotopic (exact) mass is 372 g/mol. The normalized spacial score (nSPS) is 11.2. The Morgan fingerprint density at radius 2 is 1.38 bits per heavy atom. The number of aliphatic carboxylic acids is 2. The number of carbonyl (C=O) groups is 2. The average Bonchev–Trinajstić information content (AvgIpc) is 1.98. The van der Waals surface area contributed by atoms with Crippen molar-refractivity contribution in [2.75, 3.05) is 11.5 Å². The van der Waals surface area contributed by atoms with Crippen LogP contribution in [0.15, 0.2) is 0 Å². The molecule has 76 valence electrons. The van der Waals surface area contributed by atoms with Crippen molar-refractivity contribution in [1.82, 2.24) is 0 Å². The number of carboxylic acids is 2. The van der Waals surface area contributed by atoms with E-state index in [-0.39, 0.29) is 11.5 Å². The van der Waals surface area contributed by atoms with Gasteiger partial charge in [-0.15, -0.1) is 0 Å². The zero-order valence-electron chi connectivity index (χ0n) is 6.20. The van der Waals surface area contributed by atoms with Crippen molar-refractivity contribution in [3.05, 3.63) is 0 Å². The molecule has 13 heavy (non-hydrogen) atoms. The molecule has 9 heteroatoms. The summed E-state index contributed by atoms with van der Waals surface area (Å²) in [6.07, 6.45) is 0. The molecule has 0 amide bonds. The molecule has 0 saturated carbocycles. The Hall–Kier alpha value is 1.02. The third-order valence-corrected chi connectivity index (χ3v) is 23.9. The molecule has 0 bridgehead atoms. The number of hydrogen-bond donors (Lipinski definition) is 2. The summed E-state index contributed by atoms with van der Waals surface area (Å²) in [6.45, 7) is 0. The molecule has 0 fully saturated rings. The van der Waals surface area contributed by atoms with E-state index < -0.39 is 25.3 Å². The van der Waals surface area contributed by atoms with Crippen LogP contribution in [-0.2, 0) is 9.59 Å². The van der Waals surface area contributed by atoms with Crippen LogP contribution in [0.25, 0.3) is 0 Å². The van der Waals surface area contributed by atoms with Crippen LogP contribution in [-0.4, -0.2) is 47.0 Å². The summed E-state index contributed by atoms with van der Waals surface area (Å²) in [6, 6.07) is 0. The molecular weight excluding hydrogens is 366 g/mol. The molecule has 0 radical (unpaired) electrons. The first-order valence-electron chi connectivity index (χ1n) is 2.93. The van der Waals surface area contributed by atoms with Crippen LogP contribution in [0, 0.1) is 0 Å². The minimum absolute atomic E-state index is 0.171. The van der Waals surface area contributed by atoms with E-state index in [1.54, 1.807) is 0 Å². The second-order valence-corrected chi connectivity index (χ2v) is 35.4. The quantitative estimate of drug-likeness (QED) is 0.690. The van der Waals surface area contributed by atoms with Gasteiger partial charge in [0, 0.05) is 0 Å². The first-order valence-corrected chi connectivity index (χ1v) is 19.1. The van der Waals surface area contributed by atoms with Crippen LogP contribution in [0.5, 0.6) is 0 Å². The summed E-state index contributed by atoms with van der Waals surface area (Å²) in [7, 11) is 13.5. The summed E-state index contributed by atoms with van der Waals surface area (Å²) >= 11 is -3.53. The molecule has 0 aromatic rings. The van der Waals surface area contributed by atoms with E-state index >= 15 is 0 Å². The van der Waals surface area contributed by atoms with Crippen molar-refractivity contribution in [3.63, 3.8) is 0 Å². The summed E-state index contributed by atoms with van der Waals surface area (Å²) in [5.74, 6) is -2.34. The molecule has 0 unspecified atom stereocenters. The topological polar surface area (TPSA) is 74.6 Å². The van der Waals surface area contributed by atoms with Crippen molar-refractivity contribution < 1.29 is 19.8 Å². The van der Waals surface area contributed by atoms with Crippen molar-refractivity contribution >= 4 is 61.0 Å². The fourth-order valence-corrected chi connectivity index (χ4v) is 15.1. The number of rotatable bonds is 6. The van der Waals surface area contributed by atoms with Gasteiger partial charge in [0.15, 0.2) is 0 Å². The van der Waals surface area contributed by atoms with Gasteiger partial charge in [-0.05, 0) is 0 Å². The molecule has 4 nitrogen and oxygen atoms in total. The van der Waals surface area contributed by atoms with Crippen molar-refractivity contribution in [2.45, 2.75) is 0 Å². The Morgan fingerprint density at radius 3 is 1.62 bits per heavy atom. The van der Waals surface area contributed by atoms with Gasteiger partial charge in [-0.25, -0.2) is 0 Å². The van der Waals surface area contributed by atoms with Gasteiger partial charge in [0.1, 0.15) is 0 Å². The van der Waals surface area contributed by atoms with E-state index in [2.05, 4.69) is 0 Å². The van der Waals surface area contributed by atoms with Gasteiger partial charge in [-0.1, -0.05) is 0 Å². The van der Waals surface area contributed by atoms with Crippen LogP contribution in [0.1, 0.15) is 0 Å². The standard InChI is InChI=1S/2C2H4O2S.2ClH.Sn/c2*3-2(4)1-5;;;/h2*5H,1H2,(H,3,4);2*1H;/q;;;;+4/p-4. The molecule has 2 N–H and O–H groups in total. The molecule has 0 aliphatic rings. The first kappa shape index (κ1) is 14.0. The van der Waals surface area contributed by atoms with Crippen molar-refractivity contribution in [2.24, 2.45) is 0 Å². The number of halogens is 2. The minimum atomic E-state index is -3.53. The summed E-state index contributed by atoms with van der Waals surface area (Å²) < 4.78 is 0. The van der Waals surface area contributed by atoms with Crippen molar-refractivity contribution in [1.29, 1.82) is 0 Å². The van der Waals surface area contributed by atoms with Crippen LogP contribution in [0.2, 0.25) is 0 Å². The zero-order chi connectivity index (χ0) is 10.5. The fourth-order valence-electron chi connectivity index (χ4n) is 0.333.